The number of carbonyl (C=O) groups is 2. The molecule has 6 heteroatoms. The van der Waals surface area contributed by atoms with E-state index in [1.807, 2.05) is 20.8 Å². The van der Waals surface area contributed by atoms with Crippen LogP contribution in [0.25, 0.3) is 0 Å². The first-order valence-corrected chi connectivity index (χ1v) is 6.68. The van der Waals surface area contributed by atoms with Gasteiger partial charge in [-0.15, -0.1) is 0 Å². The summed E-state index contributed by atoms with van der Waals surface area (Å²) in [4.78, 5) is 20.4. The van der Waals surface area contributed by atoms with Crippen LogP contribution in [0.15, 0.2) is 0 Å². The van der Waals surface area contributed by atoms with E-state index >= 15 is 0 Å². The van der Waals surface area contributed by atoms with E-state index < -0.39 is 0 Å². The maximum atomic E-state index is 10.8. The molecule has 0 radical (unpaired) electrons. The van der Waals surface area contributed by atoms with E-state index in [2.05, 4.69) is 15.4 Å². The van der Waals surface area contributed by atoms with Gasteiger partial charge in [-0.3, -0.25) is 9.59 Å². The number of carbonyl (C=O) groups excluding carboxylic acids is 2. The first kappa shape index (κ1) is 17.9. The molecule has 0 unspecified atom stereocenters. The Hall–Kier alpha value is -1.14. The highest BCUT2D eigenvalue weighted by Gasteiger charge is 2.12. The highest BCUT2D eigenvalue weighted by molar-refractivity contribution is 5.77. The normalized spacial score (nSPS) is 16.0. The van der Waals surface area contributed by atoms with Crippen molar-refractivity contribution >= 4 is 12.4 Å². The zero-order valence-electron chi connectivity index (χ0n) is 12.2. The van der Waals surface area contributed by atoms with Crippen LogP contribution in [0, 0.1) is 5.92 Å². The zero-order chi connectivity index (χ0) is 14.7. The van der Waals surface area contributed by atoms with E-state index in [0.29, 0.717) is 12.4 Å². The Morgan fingerprint density at radius 3 is 2.37 bits per heavy atom. The molecule has 4 N–H and O–H groups in total. The van der Waals surface area contributed by atoms with Crippen LogP contribution < -0.4 is 16.4 Å². The second kappa shape index (κ2) is 9.75. The van der Waals surface area contributed by atoms with Gasteiger partial charge in [-0.05, 0) is 52.6 Å². The van der Waals surface area contributed by atoms with E-state index in [-0.39, 0.29) is 18.1 Å². The van der Waals surface area contributed by atoms with Crippen LogP contribution in [0.3, 0.4) is 0 Å². The molecule has 1 saturated heterocycles. The van der Waals surface area contributed by atoms with E-state index in [1.165, 1.54) is 0 Å². The molecule has 0 spiro atoms. The topological polar surface area (TPSA) is 93.5 Å². The van der Waals surface area contributed by atoms with Gasteiger partial charge in [0.2, 0.25) is 5.91 Å². The third kappa shape index (κ3) is 11.7. The van der Waals surface area contributed by atoms with Gasteiger partial charge in [0.05, 0.1) is 6.54 Å². The molecule has 0 atom stereocenters. The molecule has 1 amide bonds. The second-order valence-corrected chi connectivity index (χ2v) is 5.53. The molecule has 112 valence electrons. The average molecular weight is 273 g/mol. The lowest BCUT2D eigenvalue weighted by Crippen LogP contribution is -2.38. The molecule has 1 rings (SSSR count). The Morgan fingerprint density at radius 2 is 2.00 bits per heavy atom. The van der Waals surface area contributed by atoms with Crippen LogP contribution in [0.2, 0.25) is 0 Å². The standard InChI is InChI=1S/C8H17N3O.C5H10O2/c9-5-8(12)11-6-7-1-3-10-4-2-7;1-5(2,3)7-4-6/h7,10H,1-6,9H2,(H,11,12);4H,1-3H3. The summed E-state index contributed by atoms with van der Waals surface area (Å²) in [7, 11) is 0. The van der Waals surface area contributed by atoms with Crippen molar-refractivity contribution in [2.24, 2.45) is 11.7 Å². The minimum Gasteiger partial charge on any atom is -0.462 e. The van der Waals surface area contributed by atoms with E-state index in [1.54, 1.807) is 0 Å². The number of nitrogens with two attached hydrogens (primary N) is 1. The lowest BCUT2D eigenvalue weighted by Gasteiger charge is -2.22. The summed E-state index contributed by atoms with van der Waals surface area (Å²) in [6.07, 6.45) is 2.32. The molecule has 1 heterocycles. The van der Waals surface area contributed by atoms with Crippen LogP contribution in [-0.2, 0) is 14.3 Å². The Kier molecular flexibility index (Phi) is 9.16. The Bertz CT molecular complexity index is 258. The van der Waals surface area contributed by atoms with Crippen molar-refractivity contribution in [3.05, 3.63) is 0 Å². The number of amides is 1. The highest BCUT2D eigenvalue weighted by Crippen LogP contribution is 2.09. The van der Waals surface area contributed by atoms with Gasteiger partial charge < -0.3 is 21.1 Å². The van der Waals surface area contributed by atoms with Gasteiger partial charge in [-0.1, -0.05) is 0 Å². The molecular formula is C13H27N3O3. The maximum absolute atomic E-state index is 10.8. The number of nitrogens with one attached hydrogen (secondary N) is 2. The monoisotopic (exact) mass is 273 g/mol. The first-order valence-electron chi connectivity index (χ1n) is 6.68. The maximum Gasteiger partial charge on any atom is 0.293 e. The Labute approximate surface area is 115 Å². The summed E-state index contributed by atoms with van der Waals surface area (Å²) in [5.74, 6) is 0.593. The van der Waals surface area contributed by atoms with E-state index in [4.69, 9.17) is 5.73 Å². The fourth-order valence-electron chi connectivity index (χ4n) is 1.56. The largest absolute Gasteiger partial charge is 0.462 e. The quantitative estimate of drug-likeness (QED) is 0.628. The summed E-state index contributed by atoms with van der Waals surface area (Å²) in [6, 6.07) is 0. The Balaban J connectivity index is 0.000000399. The third-order valence-electron chi connectivity index (χ3n) is 2.63. The van der Waals surface area contributed by atoms with Crippen LogP contribution in [0.4, 0.5) is 0 Å². The van der Waals surface area contributed by atoms with Crippen molar-refractivity contribution in [1.82, 2.24) is 10.6 Å². The number of rotatable bonds is 4. The first-order chi connectivity index (χ1) is 8.89. The van der Waals surface area contributed by atoms with Crippen LogP contribution in [-0.4, -0.2) is 44.2 Å². The minimum absolute atomic E-state index is 0.0477. The second-order valence-electron chi connectivity index (χ2n) is 5.53. The number of ether oxygens (including phenoxy) is 1. The SMILES string of the molecule is CC(C)(C)OC=O.NCC(=O)NCC1CCNCC1. The lowest BCUT2D eigenvalue weighted by atomic mass is 9.98. The highest BCUT2D eigenvalue weighted by atomic mass is 16.5. The molecule has 0 aromatic carbocycles. The number of hydrogen-bond acceptors (Lipinski definition) is 5. The molecular weight excluding hydrogens is 246 g/mol. The molecule has 0 bridgehead atoms. The lowest BCUT2D eigenvalue weighted by molar-refractivity contribution is -0.138. The van der Waals surface area contributed by atoms with Crippen LogP contribution in [0.5, 0.6) is 0 Å². The van der Waals surface area contributed by atoms with Gasteiger partial charge >= 0.3 is 0 Å². The molecule has 0 aliphatic carbocycles. The molecule has 1 aliphatic heterocycles. The number of hydrogen-bond donors (Lipinski definition) is 3. The van der Waals surface area contributed by atoms with Crippen molar-refractivity contribution in [1.29, 1.82) is 0 Å². The number of piperidine rings is 1. The molecule has 19 heavy (non-hydrogen) atoms. The summed E-state index contributed by atoms with van der Waals surface area (Å²) < 4.78 is 4.55. The molecule has 1 aliphatic rings. The van der Waals surface area contributed by atoms with Gasteiger partial charge in [0, 0.05) is 6.54 Å². The van der Waals surface area contributed by atoms with Crippen molar-refractivity contribution < 1.29 is 14.3 Å². The van der Waals surface area contributed by atoms with Crippen molar-refractivity contribution in [3.63, 3.8) is 0 Å². The van der Waals surface area contributed by atoms with Crippen LogP contribution >= 0.6 is 0 Å². The minimum atomic E-state index is -0.318. The smallest absolute Gasteiger partial charge is 0.293 e. The predicted octanol–water partition coefficient (Wildman–Crippen LogP) is 0.0188. The molecule has 0 saturated carbocycles. The van der Waals surface area contributed by atoms with E-state index in [0.717, 1.165) is 32.5 Å². The molecule has 0 aromatic heterocycles. The van der Waals surface area contributed by atoms with Gasteiger partial charge in [0.1, 0.15) is 5.60 Å². The Morgan fingerprint density at radius 1 is 1.42 bits per heavy atom. The summed E-state index contributed by atoms with van der Waals surface area (Å²) in [5.41, 5.74) is 4.85. The van der Waals surface area contributed by atoms with Crippen molar-refractivity contribution in [2.75, 3.05) is 26.2 Å². The summed E-state index contributed by atoms with van der Waals surface area (Å²) in [5, 5.41) is 6.09. The average Bonchev–Trinajstić information content (AvgIpc) is 2.36. The molecule has 6 nitrogen and oxygen atoms in total. The van der Waals surface area contributed by atoms with Gasteiger partial charge in [-0.25, -0.2) is 0 Å². The summed E-state index contributed by atoms with van der Waals surface area (Å²) >= 11 is 0. The van der Waals surface area contributed by atoms with Crippen molar-refractivity contribution in [2.45, 2.75) is 39.2 Å². The van der Waals surface area contributed by atoms with E-state index in [9.17, 15) is 9.59 Å². The molecule has 0 aromatic rings. The van der Waals surface area contributed by atoms with Gasteiger partial charge in [-0.2, -0.15) is 0 Å². The van der Waals surface area contributed by atoms with Gasteiger partial charge in [0.25, 0.3) is 6.47 Å². The fourth-order valence-corrected chi connectivity index (χ4v) is 1.56. The third-order valence-corrected chi connectivity index (χ3v) is 2.63. The van der Waals surface area contributed by atoms with Gasteiger partial charge in [0.15, 0.2) is 0 Å². The zero-order valence-corrected chi connectivity index (χ0v) is 12.2. The fraction of sp³-hybridized carbons (Fsp3) is 0.846. The van der Waals surface area contributed by atoms with Crippen LogP contribution in [0.1, 0.15) is 33.6 Å². The summed E-state index contributed by atoms with van der Waals surface area (Å²) in [6.45, 7) is 8.96. The predicted molar refractivity (Wildman–Crippen MR) is 74.6 cm³/mol. The van der Waals surface area contributed by atoms with Crippen molar-refractivity contribution in [3.8, 4) is 0 Å². The molecule has 1 fully saturated rings.